The Bertz CT molecular complexity index is 586. The van der Waals surface area contributed by atoms with Gasteiger partial charge in [0, 0.05) is 32.0 Å². The highest BCUT2D eigenvalue weighted by molar-refractivity contribution is 5.78. The van der Waals surface area contributed by atoms with Gasteiger partial charge in [-0.15, -0.1) is 0 Å². The van der Waals surface area contributed by atoms with Crippen LogP contribution in [-0.2, 0) is 14.3 Å². The van der Waals surface area contributed by atoms with Crippen LogP contribution < -0.4 is 5.32 Å². The van der Waals surface area contributed by atoms with Crippen molar-refractivity contribution < 1.29 is 14.3 Å². The number of carbonyl (C=O) groups excluding carboxylic acids is 1. The molecule has 1 atom stereocenters. The number of piperidine rings is 1. The number of aryl methyl sites for hydroxylation is 1. The molecule has 2 aliphatic rings. The third kappa shape index (κ3) is 3.63. The molecule has 3 rings (SSSR count). The summed E-state index contributed by atoms with van der Waals surface area (Å²) in [6, 6.07) is 6.48. The molecule has 2 saturated heterocycles. The van der Waals surface area contributed by atoms with Gasteiger partial charge in [-0.05, 0) is 37.5 Å². The molecule has 132 valence electrons. The van der Waals surface area contributed by atoms with E-state index in [1.54, 1.807) is 0 Å². The Hall–Kier alpha value is -1.43. The quantitative estimate of drug-likeness (QED) is 0.919. The van der Waals surface area contributed by atoms with Gasteiger partial charge in [-0.1, -0.05) is 18.2 Å². The molecule has 0 bridgehead atoms. The molecule has 1 amide bonds. The van der Waals surface area contributed by atoms with Gasteiger partial charge in [0.1, 0.15) is 0 Å². The van der Waals surface area contributed by atoms with Gasteiger partial charge in [0.15, 0.2) is 5.79 Å². The highest BCUT2D eigenvalue weighted by Crippen LogP contribution is 2.31. The second-order valence-corrected chi connectivity index (χ2v) is 6.88. The van der Waals surface area contributed by atoms with E-state index in [2.05, 4.69) is 44.3 Å². The lowest BCUT2D eigenvalue weighted by atomic mass is 9.98. The average Bonchev–Trinajstić information content (AvgIpc) is 3.03. The molecule has 1 N–H and O–H groups in total. The van der Waals surface area contributed by atoms with Crippen LogP contribution in [0.15, 0.2) is 18.2 Å². The molecule has 1 spiro atoms. The van der Waals surface area contributed by atoms with Crippen LogP contribution in [0.3, 0.4) is 0 Å². The Morgan fingerprint density at radius 3 is 2.58 bits per heavy atom. The lowest BCUT2D eigenvalue weighted by Gasteiger charge is -2.37. The molecule has 2 heterocycles. The topological polar surface area (TPSA) is 50.8 Å². The molecule has 0 aliphatic carbocycles. The number of benzene rings is 1. The lowest BCUT2D eigenvalue weighted by molar-refractivity contribution is -0.187. The molecule has 5 heteroatoms. The van der Waals surface area contributed by atoms with Crippen molar-refractivity contribution >= 4 is 5.91 Å². The fourth-order valence-electron chi connectivity index (χ4n) is 3.59. The standard InChI is InChI=1S/C19H28N2O3/c1-14-5-4-6-17(15(14)2)16(3)20-13-18(22)21-9-7-19(8-10-21)23-11-12-24-19/h4-6,16,20H,7-13H2,1-3H3. The van der Waals surface area contributed by atoms with Gasteiger partial charge in [-0.25, -0.2) is 0 Å². The summed E-state index contributed by atoms with van der Waals surface area (Å²) in [4.78, 5) is 14.4. The van der Waals surface area contributed by atoms with Gasteiger partial charge in [-0.2, -0.15) is 0 Å². The first-order chi connectivity index (χ1) is 11.5. The molecule has 2 aliphatic heterocycles. The van der Waals surface area contributed by atoms with Crippen molar-refractivity contribution in [3.8, 4) is 0 Å². The highest BCUT2D eigenvalue weighted by Gasteiger charge is 2.40. The first kappa shape index (κ1) is 17.4. The Balaban J connectivity index is 1.50. The van der Waals surface area contributed by atoms with Crippen LogP contribution in [0.25, 0.3) is 0 Å². The zero-order valence-electron chi connectivity index (χ0n) is 14.9. The first-order valence-corrected chi connectivity index (χ1v) is 8.86. The molecule has 0 aromatic heterocycles. The van der Waals surface area contributed by atoms with E-state index in [1.165, 1.54) is 16.7 Å². The fourth-order valence-corrected chi connectivity index (χ4v) is 3.59. The van der Waals surface area contributed by atoms with Gasteiger partial charge in [0.05, 0.1) is 19.8 Å². The largest absolute Gasteiger partial charge is 0.347 e. The molecule has 24 heavy (non-hydrogen) atoms. The lowest BCUT2D eigenvalue weighted by Crippen LogP contribution is -2.49. The molecule has 1 aromatic rings. The molecule has 2 fully saturated rings. The third-order valence-corrected chi connectivity index (χ3v) is 5.36. The number of nitrogens with zero attached hydrogens (tertiary/aromatic N) is 1. The summed E-state index contributed by atoms with van der Waals surface area (Å²) in [5, 5.41) is 3.37. The monoisotopic (exact) mass is 332 g/mol. The van der Waals surface area contributed by atoms with Crippen LogP contribution in [0.2, 0.25) is 0 Å². The van der Waals surface area contributed by atoms with Crippen molar-refractivity contribution in [2.24, 2.45) is 0 Å². The number of likely N-dealkylation sites (tertiary alicyclic amines) is 1. The number of hydrogen-bond acceptors (Lipinski definition) is 4. The minimum atomic E-state index is -0.420. The van der Waals surface area contributed by atoms with Gasteiger partial charge in [0.2, 0.25) is 5.91 Å². The number of hydrogen-bond donors (Lipinski definition) is 1. The molecule has 1 aromatic carbocycles. The maximum atomic E-state index is 12.5. The van der Waals surface area contributed by atoms with E-state index in [4.69, 9.17) is 9.47 Å². The second-order valence-electron chi connectivity index (χ2n) is 6.88. The van der Waals surface area contributed by atoms with Crippen molar-refractivity contribution in [3.05, 3.63) is 34.9 Å². The van der Waals surface area contributed by atoms with E-state index in [-0.39, 0.29) is 11.9 Å². The van der Waals surface area contributed by atoms with Crippen molar-refractivity contribution in [1.29, 1.82) is 0 Å². The second kappa shape index (κ2) is 7.21. The van der Waals surface area contributed by atoms with E-state index in [1.807, 2.05) is 4.90 Å². The fraction of sp³-hybridized carbons (Fsp3) is 0.632. The minimum Gasteiger partial charge on any atom is -0.347 e. The third-order valence-electron chi connectivity index (χ3n) is 5.36. The van der Waals surface area contributed by atoms with E-state index in [9.17, 15) is 4.79 Å². The maximum absolute atomic E-state index is 12.5. The van der Waals surface area contributed by atoms with Crippen LogP contribution in [-0.4, -0.2) is 49.4 Å². The SMILES string of the molecule is Cc1cccc(C(C)NCC(=O)N2CCC3(CC2)OCCO3)c1C. The van der Waals surface area contributed by atoms with Crippen LogP contribution >= 0.6 is 0 Å². The first-order valence-electron chi connectivity index (χ1n) is 8.86. The van der Waals surface area contributed by atoms with Crippen molar-refractivity contribution in [1.82, 2.24) is 10.2 Å². The van der Waals surface area contributed by atoms with Gasteiger partial charge in [0.25, 0.3) is 0 Å². The maximum Gasteiger partial charge on any atom is 0.236 e. The summed E-state index contributed by atoms with van der Waals surface area (Å²) in [5.74, 6) is -0.268. The van der Waals surface area contributed by atoms with Crippen LogP contribution in [0.1, 0.15) is 42.5 Å². The number of carbonyl (C=O) groups is 1. The van der Waals surface area contributed by atoms with Crippen molar-refractivity contribution in [2.75, 3.05) is 32.8 Å². The van der Waals surface area contributed by atoms with E-state index in [0.29, 0.717) is 32.8 Å². The summed E-state index contributed by atoms with van der Waals surface area (Å²) >= 11 is 0. The average molecular weight is 332 g/mol. The van der Waals surface area contributed by atoms with Crippen LogP contribution in [0, 0.1) is 13.8 Å². The Kier molecular flexibility index (Phi) is 5.23. The summed E-state index contributed by atoms with van der Waals surface area (Å²) in [5.41, 5.74) is 3.83. The number of nitrogens with one attached hydrogen (secondary N) is 1. The van der Waals surface area contributed by atoms with E-state index >= 15 is 0 Å². The zero-order valence-corrected chi connectivity index (χ0v) is 14.9. The summed E-state index contributed by atoms with van der Waals surface area (Å²) in [6.45, 7) is 9.48. The van der Waals surface area contributed by atoms with Gasteiger partial charge >= 0.3 is 0 Å². The summed E-state index contributed by atoms with van der Waals surface area (Å²) in [7, 11) is 0. The Morgan fingerprint density at radius 2 is 1.92 bits per heavy atom. The van der Waals surface area contributed by atoms with E-state index in [0.717, 1.165) is 12.8 Å². The van der Waals surface area contributed by atoms with Gasteiger partial charge < -0.3 is 19.7 Å². The highest BCUT2D eigenvalue weighted by atomic mass is 16.7. The van der Waals surface area contributed by atoms with Crippen LogP contribution in [0.5, 0.6) is 0 Å². The molecule has 5 nitrogen and oxygen atoms in total. The molecule has 1 unspecified atom stereocenters. The van der Waals surface area contributed by atoms with E-state index < -0.39 is 5.79 Å². The number of ether oxygens (including phenoxy) is 2. The molecule has 0 saturated carbocycles. The Morgan fingerprint density at radius 1 is 1.25 bits per heavy atom. The predicted molar refractivity (Wildman–Crippen MR) is 92.8 cm³/mol. The van der Waals surface area contributed by atoms with Crippen molar-refractivity contribution in [2.45, 2.75) is 45.4 Å². The molecular weight excluding hydrogens is 304 g/mol. The smallest absolute Gasteiger partial charge is 0.236 e. The number of rotatable bonds is 4. The number of amides is 1. The molecular formula is C19H28N2O3. The van der Waals surface area contributed by atoms with Gasteiger partial charge in [-0.3, -0.25) is 4.79 Å². The van der Waals surface area contributed by atoms with Crippen molar-refractivity contribution in [3.63, 3.8) is 0 Å². The summed E-state index contributed by atoms with van der Waals surface area (Å²) < 4.78 is 11.4. The minimum absolute atomic E-state index is 0.153. The summed E-state index contributed by atoms with van der Waals surface area (Å²) in [6.07, 6.45) is 1.54. The zero-order chi connectivity index (χ0) is 17.2. The predicted octanol–water partition coefficient (Wildman–Crippen LogP) is 2.32. The normalized spacial score (nSPS) is 21.2. The van der Waals surface area contributed by atoms with Crippen LogP contribution in [0.4, 0.5) is 0 Å². The Labute approximate surface area is 144 Å². The molecule has 0 radical (unpaired) electrons.